The molecule has 0 spiro atoms. The van der Waals surface area contributed by atoms with Crippen LogP contribution in [0.3, 0.4) is 0 Å². The molecule has 2 aliphatic heterocycles. The molecule has 0 amide bonds. The van der Waals surface area contributed by atoms with E-state index in [0.717, 1.165) is 24.6 Å². The summed E-state index contributed by atoms with van der Waals surface area (Å²) in [5, 5.41) is 0. The third-order valence-corrected chi connectivity index (χ3v) is 5.12. The first-order valence-electron chi connectivity index (χ1n) is 9.58. The van der Waals surface area contributed by atoms with Crippen LogP contribution in [0.25, 0.3) is 0 Å². The molecule has 2 heterocycles. The Balaban J connectivity index is 1.65. The van der Waals surface area contributed by atoms with Crippen LogP contribution in [0.4, 0.5) is 0 Å². The van der Waals surface area contributed by atoms with E-state index in [2.05, 4.69) is 65.8 Å². The van der Waals surface area contributed by atoms with Gasteiger partial charge in [0, 0.05) is 12.8 Å². The number of nitrogens with zero attached hydrogens (tertiary/aromatic N) is 2. The van der Waals surface area contributed by atoms with Gasteiger partial charge in [0.05, 0.1) is 12.1 Å². The van der Waals surface area contributed by atoms with Crippen molar-refractivity contribution in [2.45, 2.75) is 66.5 Å². The van der Waals surface area contributed by atoms with Crippen LogP contribution >= 0.6 is 0 Å². The summed E-state index contributed by atoms with van der Waals surface area (Å²) in [5.41, 5.74) is 2.74. The van der Waals surface area contributed by atoms with Gasteiger partial charge in [-0.15, -0.1) is 0 Å². The highest BCUT2D eigenvalue weighted by Crippen LogP contribution is 2.28. The normalized spacial score (nSPS) is 23.3. The molecule has 0 bridgehead atoms. The predicted molar refractivity (Wildman–Crippen MR) is 107 cm³/mol. The van der Waals surface area contributed by atoms with Crippen molar-refractivity contribution in [3.63, 3.8) is 0 Å². The van der Waals surface area contributed by atoms with E-state index in [1.165, 1.54) is 11.1 Å². The van der Waals surface area contributed by atoms with Gasteiger partial charge in [0.15, 0.2) is 11.8 Å². The van der Waals surface area contributed by atoms with Crippen molar-refractivity contribution in [2.75, 3.05) is 13.2 Å². The van der Waals surface area contributed by atoms with Gasteiger partial charge < -0.3 is 9.47 Å². The second-order valence-corrected chi connectivity index (χ2v) is 9.60. The minimum Gasteiger partial charge on any atom is -0.478 e. The van der Waals surface area contributed by atoms with Gasteiger partial charge in [-0.25, -0.2) is 9.98 Å². The largest absolute Gasteiger partial charge is 0.478 e. The Morgan fingerprint density at radius 3 is 1.58 bits per heavy atom. The van der Waals surface area contributed by atoms with E-state index in [-0.39, 0.29) is 22.9 Å². The van der Waals surface area contributed by atoms with Crippen molar-refractivity contribution in [1.29, 1.82) is 0 Å². The fourth-order valence-corrected chi connectivity index (χ4v) is 3.13. The molecule has 26 heavy (non-hydrogen) atoms. The second kappa shape index (κ2) is 7.05. The maximum absolute atomic E-state index is 5.82. The van der Waals surface area contributed by atoms with E-state index in [1.54, 1.807) is 0 Å². The zero-order valence-corrected chi connectivity index (χ0v) is 17.0. The molecule has 0 radical (unpaired) electrons. The molecule has 0 fully saturated rings. The predicted octanol–water partition coefficient (Wildman–Crippen LogP) is 4.46. The van der Waals surface area contributed by atoms with Crippen molar-refractivity contribution in [3.8, 4) is 0 Å². The highest BCUT2D eigenvalue weighted by atomic mass is 16.5. The van der Waals surface area contributed by atoms with Gasteiger partial charge in [-0.05, 0) is 22.0 Å². The van der Waals surface area contributed by atoms with Crippen molar-refractivity contribution in [2.24, 2.45) is 20.8 Å². The van der Waals surface area contributed by atoms with Gasteiger partial charge in [0.25, 0.3) is 0 Å². The lowest BCUT2D eigenvalue weighted by atomic mass is 9.88. The first-order chi connectivity index (χ1) is 12.1. The van der Waals surface area contributed by atoms with Crippen molar-refractivity contribution < 1.29 is 9.47 Å². The van der Waals surface area contributed by atoms with E-state index in [4.69, 9.17) is 19.5 Å². The summed E-state index contributed by atoms with van der Waals surface area (Å²) in [7, 11) is 0. The molecule has 3 rings (SSSR count). The highest BCUT2D eigenvalue weighted by molar-refractivity contribution is 5.81. The number of ether oxygens (including phenoxy) is 2. The number of hydrogen-bond acceptors (Lipinski definition) is 4. The Morgan fingerprint density at radius 1 is 0.808 bits per heavy atom. The summed E-state index contributed by atoms with van der Waals surface area (Å²) < 4.78 is 11.6. The van der Waals surface area contributed by atoms with Gasteiger partial charge in [0.1, 0.15) is 13.2 Å². The Bertz CT molecular complexity index is 650. The Hall–Kier alpha value is -1.84. The lowest BCUT2D eigenvalue weighted by molar-refractivity contribution is 0.233. The van der Waals surface area contributed by atoms with Crippen molar-refractivity contribution in [3.05, 3.63) is 35.4 Å². The maximum Gasteiger partial charge on any atom is 0.188 e. The van der Waals surface area contributed by atoms with Crippen LogP contribution in [-0.2, 0) is 22.3 Å². The van der Waals surface area contributed by atoms with Gasteiger partial charge >= 0.3 is 0 Å². The topological polar surface area (TPSA) is 43.2 Å². The molecule has 4 nitrogen and oxygen atoms in total. The van der Waals surface area contributed by atoms with E-state index in [0.29, 0.717) is 13.2 Å². The van der Waals surface area contributed by atoms with Crippen LogP contribution in [0.2, 0.25) is 0 Å². The zero-order chi connectivity index (χ0) is 18.9. The number of hydrogen-bond donors (Lipinski definition) is 0. The smallest absolute Gasteiger partial charge is 0.188 e. The Kier molecular flexibility index (Phi) is 5.14. The standard InChI is InChI=1S/C22H32N2O2/c1-21(2,3)17-13-25-19(23-17)11-15-8-7-9-16(10-15)12-20-24-18(14-26-20)22(4,5)6/h7-10,17-18H,11-14H2,1-6H3/t17-,18-/m1/s1. The van der Waals surface area contributed by atoms with Gasteiger partial charge in [0.2, 0.25) is 0 Å². The minimum atomic E-state index is 0.144. The molecule has 2 atom stereocenters. The molecule has 142 valence electrons. The molecule has 0 aromatic heterocycles. The molecule has 1 aromatic rings. The highest BCUT2D eigenvalue weighted by Gasteiger charge is 2.31. The van der Waals surface area contributed by atoms with Crippen molar-refractivity contribution >= 4 is 11.8 Å². The first kappa shape index (κ1) is 18.9. The molecular weight excluding hydrogens is 324 g/mol. The SMILES string of the molecule is CC(C)(C)[C@H]1COC(Cc2cccc(CC3=N[C@@H](C(C)(C)C)CO3)c2)=N1. The quantitative estimate of drug-likeness (QED) is 0.799. The maximum atomic E-state index is 5.82. The fourth-order valence-electron chi connectivity index (χ4n) is 3.13. The molecule has 0 saturated heterocycles. The van der Waals surface area contributed by atoms with Gasteiger partial charge in [-0.1, -0.05) is 65.8 Å². The summed E-state index contributed by atoms with van der Waals surface area (Å²) >= 11 is 0. The molecular formula is C22H32N2O2. The first-order valence-corrected chi connectivity index (χ1v) is 9.58. The van der Waals surface area contributed by atoms with E-state index in [1.807, 2.05) is 0 Å². The third-order valence-electron chi connectivity index (χ3n) is 5.12. The average molecular weight is 357 g/mol. The summed E-state index contributed by atoms with van der Waals surface area (Å²) in [4.78, 5) is 9.54. The van der Waals surface area contributed by atoms with E-state index in [9.17, 15) is 0 Å². The molecule has 0 aliphatic carbocycles. The third kappa shape index (κ3) is 4.66. The molecule has 0 saturated carbocycles. The zero-order valence-electron chi connectivity index (χ0n) is 17.0. The van der Waals surface area contributed by atoms with Crippen molar-refractivity contribution in [1.82, 2.24) is 0 Å². The molecule has 2 aliphatic rings. The summed E-state index contributed by atoms with van der Waals surface area (Å²) in [6, 6.07) is 9.07. The average Bonchev–Trinajstić information content (AvgIpc) is 3.16. The lowest BCUT2D eigenvalue weighted by Crippen LogP contribution is -2.25. The van der Waals surface area contributed by atoms with E-state index < -0.39 is 0 Å². The number of benzene rings is 1. The van der Waals surface area contributed by atoms with Crippen LogP contribution < -0.4 is 0 Å². The minimum absolute atomic E-state index is 0.144. The summed E-state index contributed by atoms with van der Waals surface area (Å²) in [6.45, 7) is 14.6. The molecule has 0 unspecified atom stereocenters. The van der Waals surface area contributed by atoms with Crippen LogP contribution in [0, 0.1) is 10.8 Å². The lowest BCUT2D eigenvalue weighted by Gasteiger charge is -2.21. The Morgan fingerprint density at radius 2 is 1.23 bits per heavy atom. The number of aliphatic imine (C=N–C) groups is 2. The molecule has 4 heteroatoms. The van der Waals surface area contributed by atoms with Crippen LogP contribution in [0.15, 0.2) is 34.3 Å². The van der Waals surface area contributed by atoms with Gasteiger partial charge in [-0.3, -0.25) is 0 Å². The Labute approximate surface area is 157 Å². The molecule has 1 aromatic carbocycles. The van der Waals surface area contributed by atoms with Crippen LogP contribution in [0.1, 0.15) is 52.7 Å². The van der Waals surface area contributed by atoms with E-state index >= 15 is 0 Å². The van der Waals surface area contributed by atoms with Crippen LogP contribution in [-0.4, -0.2) is 37.1 Å². The summed E-state index contributed by atoms with van der Waals surface area (Å²) in [5.74, 6) is 1.70. The second-order valence-electron chi connectivity index (χ2n) is 9.60. The molecule has 0 N–H and O–H groups in total. The fraction of sp³-hybridized carbons (Fsp3) is 0.636. The summed E-state index contributed by atoms with van der Waals surface area (Å²) in [6.07, 6.45) is 1.50. The monoisotopic (exact) mass is 356 g/mol. The van der Waals surface area contributed by atoms with Gasteiger partial charge in [-0.2, -0.15) is 0 Å². The van der Waals surface area contributed by atoms with Crippen LogP contribution in [0.5, 0.6) is 0 Å². The number of rotatable bonds is 4.